The first-order valence-corrected chi connectivity index (χ1v) is 10.3. The SMILES string of the molecule is N#CC1(NC(=O)CN2CCCCCC2CC(O)c2ccccc2)CCCC1. The first-order chi connectivity index (χ1) is 13.1. The molecule has 5 heteroatoms. The topological polar surface area (TPSA) is 76.4 Å². The summed E-state index contributed by atoms with van der Waals surface area (Å²) in [6.07, 6.45) is 8.02. The van der Waals surface area contributed by atoms with Crippen molar-refractivity contribution < 1.29 is 9.90 Å². The highest BCUT2D eigenvalue weighted by molar-refractivity contribution is 5.79. The average Bonchev–Trinajstić information content (AvgIpc) is 3.05. The Morgan fingerprint density at radius 2 is 1.96 bits per heavy atom. The van der Waals surface area contributed by atoms with Gasteiger partial charge in [0, 0.05) is 6.04 Å². The number of amides is 1. The molecule has 5 nitrogen and oxygen atoms in total. The number of carbonyl (C=O) groups excluding carboxylic acids is 1. The van der Waals surface area contributed by atoms with Crippen LogP contribution in [0.2, 0.25) is 0 Å². The zero-order valence-electron chi connectivity index (χ0n) is 16.1. The van der Waals surface area contributed by atoms with Crippen molar-refractivity contribution >= 4 is 5.91 Å². The molecule has 1 aliphatic heterocycles. The lowest BCUT2D eigenvalue weighted by atomic mass is 9.97. The third kappa shape index (κ3) is 5.31. The van der Waals surface area contributed by atoms with Crippen LogP contribution in [0.5, 0.6) is 0 Å². The zero-order valence-corrected chi connectivity index (χ0v) is 16.1. The molecule has 2 unspecified atom stereocenters. The summed E-state index contributed by atoms with van der Waals surface area (Å²) < 4.78 is 0. The van der Waals surface area contributed by atoms with Gasteiger partial charge in [-0.25, -0.2) is 0 Å². The molecule has 2 atom stereocenters. The highest BCUT2D eigenvalue weighted by Gasteiger charge is 2.36. The molecule has 2 aliphatic rings. The number of likely N-dealkylation sites (tertiary alicyclic amines) is 1. The third-order valence-corrected chi connectivity index (χ3v) is 6.08. The Morgan fingerprint density at radius 3 is 2.67 bits per heavy atom. The number of hydrogen-bond donors (Lipinski definition) is 2. The lowest BCUT2D eigenvalue weighted by Gasteiger charge is -2.32. The van der Waals surface area contributed by atoms with Gasteiger partial charge in [-0.1, -0.05) is 43.2 Å². The number of aliphatic hydroxyl groups is 1. The molecule has 1 aromatic carbocycles. The van der Waals surface area contributed by atoms with E-state index in [-0.39, 0.29) is 11.9 Å². The highest BCUT2D eigenvalue weighted by atomic mass is 16.3. The van der Waals surface area contributed by atoms with Crippen LogP contribution in [0.15, 0.2) is 30.3 Å². The molecule has 2 N–H and O–H groups in total. The van der Waals surface area contributed by atoms with Crippen LogP contribution >= 0.6 is 0 Å². The molecular weight excluding hydrogens is 338 g/mol. The molecule has 0 radical (unpaired) electrons. The van der Waals surface area contributed by atoms with E-state index >= 15 is 0 Å². The second-order valence-electron chi connectivity index (χ2n) is 8.09. The van der Waals surface area contributed by atoms with Crippen molar-refractivity contribution in [3.8, 4) is 6.07 Å². The molecule has 2 fully saturated rings. The van der Waals surface area contributed by atoms with Crippen molar-refractivity contribution in [2.45, 2.75) is 75.5 Å². The predicted molar refractivity (Wildman–Crippen MR) is 105 cm³/mol. The van der Waals surface area contributed by atoms with Crippen LogP contribution in [-0.4, -0.2) is 40.6 Å². The Balaban J connectivity index is 1.62. The number of rotatable bonds is 6. The Kier molecular flexibility index (Phi) is 6.87. The highest BCUT2D eigenvalue weighted by Crippen LogP contribution is 2.29. The lowest BCUT2D eigenvalue weighted by Crippen LogP contribution is -2.50. The van der Waals surface area contributed by atoms with Gasteiger partial charge in [-0.3, -0.25) is 9.69 Å². The van der Waals surface area contributed by atoms with Gasteiger partial charge in [0.2, 0.25) is 5.91 Å². The number of benzene rings is 1. The summed E-state index contributed by atoms with van der Waals surface area (Å²) in [4.78, 5) is 14.9. The number of nitrogens with one attached hydrogen (secondary N) is 1. The standard InChI is InChI=1S/C22H31N3O2/c23-17-22(12-6-7-13-22)24-21(27)16-25-14-8-2-5-11-19(25)15-20(26)18-9-3-1-4-10-18/h1,3-4,9-10,19-20,26H,2,5-8,11-16H2,(H,24,27). The van der Waals surface area contributed by atoms with E-state index in [0.29, 0.717) is 13.0 Å². The maximum absolute atomic E-state index is 12.7. The third-order valence-electron chi connectivity index (χ3n) is 6.08. The second-order valence-corrected chi connectivity index (χ2v) is 8.09. The Bertz CT molecular complexity index is 649. The summed E-state index contributed by atoms with van der Waals surface area (Å²) in [6.45, 7) is 1.19. The van der Waals surface area contributed by atoms with Gasteiger partial charge >= 0.3 is 0 Å². The minimum atomic E-state index is -0.665. The van der Waals surface area contributed by atoms with Gasteiger partial charge in [-0.15, -0.1) is 0 Å². The van der Waals surface area contributed by atoms with Gasteiger partial charge in [0.05, 0.1) is 18.7 Å². The van der Waals surface area contributed by atoms with Crippen molar-refractivity contribution in [3.05, 3.63) is 35.9 Å². The van der Waals surface area contributed by atoms with Crippen LogP contribution in [-0.2, 0) is 4.79 Å². The molecule has 1 aliphatic carbocycles. The summed E-state index contributed by atoms with van der Waals surface area (Å²) in [7, 11) is 0. The van der Waals surface area contributed by atoms with Gasteiger partial charge in [0.15, 0.2) is 0 Å². The number of aliphatic hydroxyl groups excluding tert-OH is 1. The van der Waals surface area contributed by atoms with Crippen LogP contribution in [0.4, 0.5) is 0 Å². The Hall–Kier alpha value is -1.90. The number of nitrogens with zero attached hydrogens (tertiary/aromatic N) is 2. The molecule has 1 saturated heterocycles. The maximum atomic E-state index is 12.7. The first-order valence-electron chi connectivity index (χ1n) is 10.3. The zero-order chi connectivity index (χ0) is 19.1. The van der Waals surface area contributed by atoms with Gasteiger partial charge in [0.1, 0.15) is 5.54 Å². The minimum absolute atomic E-state index is 0.0560. The van der Waals surface area contributed by atoms with E-state index in [4.69, 9.17) is 0 Å². The summed E-state index contributed by atoms with van der Waals surface area (Å²) in [6, 6.07) is 12.3. The number of hydrogen-bond acceptors (Lipinski definition) is 4. The lowest BCUT2D eigenvalue weighted by molar-refractivity contribution is -0.124. The summed E-state index contributed by atoms with van der Waals surface area (Å²) >= 11 is 0. The smallest absolute Gasteiger partial charge is 0.235 e. The molecule has 1 saturated carbocycles. The van der Waals surface area contributed by atoms with Crippen molar-refractivity contribution in [1.82, 2.24) is 10.2 Å². The number of carbonyl (C=O) groups is 1. The van der Waals surface area contributed by atoms with Crippen molar-refractivity contribution in [2.24, 2.45) is 0 Å². The van der Waals surface area contributed by atoms with Crippen molar-refractivity contribution in [3.63, 3.8) is 0 Å². The fourth-order valence-corrected chi connectivity index (χ4v) is 4.52. The van der Waals surface area contributed by atoms with E-state index in [1.807, 2.05) is 30.3 Å². The summed E-state index contributed by atoms with van der Waals surface area (Å²) in [5.41, 5.74) is 0.266. The molecular formula is C22H31N3O2. The molecule has 1 heterocycles. The van der Waals surface area contributed by atoms with Crippen molar-refractivity contribution in [1.29, 1.82) is 5.26 Å². The van der Waals surface area contributed by atoms with E-state index in [1.165, 1.54) is 0 Å². The normalized spacial score (nSPS) is 23.9. The van der Waals surface area contributed by atoms with Gasteiger partial charge in [-0.05, 0) is 57.1 Å². The molecule has 0 aromatic heterocycles. The molecule has 0 spiro atoms. The van der Waals surface area contributed by atoms with Gasteiger partial charge in [0.25, 0.3) is 0 Å². The second kappa shape index (κ2) is 9.34. The molecule has 0 bridgehead atoms. The number of nitriles is 1. The molecule has 1 aromatic rings. The quantitative estimate of drug-likeness (QED) is 0.807. The van der Waals surface area contributed by atoms with Crippen LogP contribution in [0.3, 0.4) is 0 Å². The Morgan fingerprint density at radius 1 is 1.22 bits per heavy atom. The average molecular weight is 370 g/mol. The van der Waals surface area contributed by atoms with E-state index in [9.17, 15) is 15.2 Å². The van der Waals surface area contributed by atoms with Crippen LogP contribution < -0.4 is 5.32 Å². The van der Waals surface area contributed by atoms with E-state index in [0.717, 1.165) is 63.5 Å². The molecule has 1 amide bonds. The van der Waals surface area contributed by atoms with E-state index in [1.54, 1.807) is 0 Å². The van der Waals surface area contributed by atoms with Crippen LogP contribution in [0.25, 0.3) is 0 Å². The first kappa shape index (κ1) is 19.9. The maximum Gasteiger partial charge on any atom is 0.235 e. The monoisotopic (exact) mass is 369 g/mol. The summed E-state index contributed by atoms with van der Waals surface area (Å²) in [5, 5.41) is 23.2. The fourth-order valence-electron chi connectivity index (χ4n) is 4.52. The fraction of sp³-hybridized carbons (Fsp3) is 0.636. The van der Waals surface area contributed by atoms with E-state index in [2.05, 4.69) is 16.3 Å². The van der Waals surface area contributed by atoms with Crippen LogP contribution in [0.1, 0.15) is 69.5 Å². The largest absolute Gasteiger partial charge is 0.388 e. The van der Waals surface area contributed by atoms with E-state index < -0.39 is 11.6 Å². The summed E-state index contributed by atoms with van der Waals surface area (Å²) in [5.74, 6) is -0.0560. The minimum Gasteiger partial charge on any atom is -0.388 e. The van der Waals surface area contributed by atoms with Gasteiger partial charge in [-0.2, -0.15) is 5.26 Å². The van der Waals surface area contributed by atoms with Gasteiger partial charge < -0.3 is 10.4 Å². The molecule has 27 heavy (non-hydrogen) atoms. The van der Waals surface area contributed by atoms with Crippen LogP contribution in [0, 0.1) is 11.3 Å². The molecule has 146 valence electrons. The molecule has 3 rings (SSSR count). The van der Waals surface area contributed by atoms with Crippen molar-refractivity contribution in [2.75, 3.05) is 13.1 Å². The Labute approximate surface area is 162 Å². The predicted octanol–water partition coefficient (Wildman–Crippen LogP) is 3.31.